The molecule has 0 bridgehead atoms. The van der Waals surface area contributed by atoms with Gasteiger partial charge in [-0.05, 0) is 25.1 Å². The molecule has 3 nitrogen and oxygen atoms in total. The van der Waals surface area contributed by atoms with E-state index in [9.17, 15) is 9.18 Å². The summed E-state index contributed by atoms with van der Waals surface area (Å²) in [4.78, 5) is 17.2. The van der Waals surface area contributed by atoms with E-state index in [1.807, 2.05) is 6.92 Å². The van der Waals surface area contributed by atoms with Crippen LogP contribution in [0, 0.1) is 12.7 Å². The lowest BCUT2D eigenvalue weighted by Crippen LogP contribution is -2.04. The summed E-state index contributed by atoms with van der Waals surface area (Å²) >= 11 is 0. The van der Waals surface area contributed by atoms with E-state index < -0.39 is 0 Å². The molecule has 16 heavy (non-hydrogen) atoms. The molecule has 0 atom stereocenters. The van der Waals surface area contributed by atoms with E-state index in [2.05, 4.69) is 9.97 Å². The topological polar surface area (TPSA) is 48.6 Å². The fourth-order valence-corrected chi connectivity index (χ4v) is 2.05. The number of benzene rings is 1. The normalized spacial score (nSPS) is 11.4. The highest BCUT2D eigenvalue weighted by Gasteiger charge is 2.07. The SMILES string of the molecule is Cc1[nH]c(=O)cc2c1[nH]c1cc(F)ccc12. The number of rotatable bonds is 0. The Hall–Kier alpha value is -2.10. The number of pyridine rings is 1. The van der Waals surface area contributed by atoms with Crippen molar-refractivity contribution < 1.29 is 4.39 Å². The molecule has 0 aliphatic carbocycles. The molecule has 4 heteroatoms. The predicted molar refractivity (Wildman–Crippen MR) is 61.1 cm³/mol. The van der Waals surface area contributed by atoms with Gasteiger partial charge in [-0.3, -0.25) is 4.79 Å². The number of aromatic amines is 2. The molecule has 0 aliphatic heterocycles. The molecule has 0 unspecified atom stereocenters. The molecule has 2 aromatic heterocycles. The van der Waals surface area contributed by atoms with Crippen LogP contribution in [0.15, 0.2) is 29.1 Å². The Kier molecular flexibility index (Phi) is 1.68. The molecular weight excluding hydrogens is 207 g/mol. The zero-order chi connectivity index (χ0) is 11.3. The molecule has 0 saturated carbocycles. The van der Waals surface area contributed by atoms with Gasteiger partial charge < -0.3 is 9.97 Å². The number of halogens is 1. The van der Waals surface area contributed by atoms with E-state index in [0.29, 0.717) is 5.52 Å². The number of nitrogens with one attached hydrogen (secondary N) is 2. The monoisotopic (exact) mass is 216 g/mol. The van der Waals surface area contributed by atoms with E-state index in [1.165, 1.54) is 18.2 Å². The standard InChI is InChI=1S/C12H9FN2O/c1-6-12-9(5-11(16)14-6)8-3-2-7(13)4-10(8)15-12/h2-5,15H,1H3,(H,14,16). The summed E-state index contributed by atoms with van der Waals surface area (Å²) in [5, 5.41) is 1.70. The summed E-state index contributed by atoms with van der Waals surface area (Å²) in [6, 6.07) is 6.03. The van der Waals surface area contributed by atoms with Gasteiger partial charge in [0.25, 0.3) is 0 Å². The number of hydrogen-bond acceptors (Lipinski definition) is 1. The average Bonchev–Trinajstić information content (AvgIpc) is 2.56. The first-order chi connectivity index (χ1) is 7.65. The largest absolute Gasteiger partial charge is 0.353 e. The molecule has 0 radical (unpaired) electrons. The fourth-order valence-electron chi connectivity index (χ4n) is 2.05. The number of hydrogen-bond donors (Lipinski definition) is 2. The Morgan fingerprint density at radius 1 is 1.12 bits per heavy atom. The van der Waals surface area contributed by atoms with E-state index in [4.69, 9.17) is 0 Å². The van der Waals surface area contributed by atoms with E-state index >= 15 is 0 Å². The number of aromatic nitrogens is 2. The molecule has 0 saturated heterocycles. The van der Waals surface area contributed by atoms with Crippen LogP contribution in [0.3, 0.4) is 0 Å². The van der Waals surface area contributed by atoms with Gasteiger partial charge >= 0.3 is 0 Å². The fraction of sp³-hybridized carbons (Fsp3) is 0.0833. The van der Waals surface area contributed by atoms with Crippen molar-refractivity contribution in [3.05, 3.63) is 46.1 Å². The molecule has 3 aromatic rings. The minimum absolute atomic E-state index is 0.143. The molecule has 0 amide bonds. The number of fused-ring (bicyclic) bond motifs is 3. The highest BCUT2D eigenvalue weighted by Crippen LogP contribution is 2.25. The van der Waals surface area contributed by atoms with E-state index in [-0.39, 0.29) is 11.4 Å². The van der Waals surface area contributed by atoms with Crippen LogP contribution < -0.4 is 5.56 Å². The molecule has 1 aromatic carbocycles. The molecule has 0 spiro atoms. The molecule has 0 fully saturated rings. The maximum atomic E-state index is 13.1. The Morgan fingerprint density at radius 3 is 2.75 bits per heavy atom. The number of H-pyrrole nitrogens is 2. The summed E-state index contributed by atoms with van der Waals surface area (Å²) in [5.74, 6) is -0.289. The maximum absolute atomic E-state index is 13.1. The minimum Gasteiger partial charge on any atom is -0.353 e. The number of aryl methyl sites for hydroxylation is 1. The minimum atomic E-state index is -0.289. The van der Waals surface area contributed by atoms with Crippen LogP contribution in [0.2, 0.25) is 0 Å². The van der Waals surface area contributed by atoms with Crippen molar-refractivity contribution in [1.82, 2.24) is 9.97 Å². The Labute approximate surface area is 89.9 Å². The predicted octanol–water partition coefficient (Wildman–Crippen LogP) is 2.46. The van der Waals surface area contributed by atoms with Gasteiger partial charge in [-0.1, -0.05) is 0 Å². The van der Waals surface area contributed by atoms with Crippen molar-refractivity contribution in [2.75, 3.05) is 0 Å². The molecule has 2 heterocycles. The van der Waals surface area contributed by atoms with E-state index in [1.54, 1.807) is 6.07 Å². The van der Waals surface area contributed by atoms with Crippen LogP contribution in [0.4, 0.5) is 4.39 Å². The highest BCUT2D eigenvalue weighted by atomic mass is 19.1. The third kappa shape index (κ3) is 1.16. The van der Waals surface area contributed by atoms with Crippen molar-refractivity contribution in [3.63, 3.8) is 0 Å². The first-order valence-corrected chi connectivity index (χ1v) is 4.96. The zero-order valence-electron chi connectivity index (χ0n) is 8.60. The van der Waals surface area contributed by atoms with Crippen LogP contribution in [-0.2, 0) is 0 Å². The second-order valence-corrected chi connectivity index (χ2v) is 3.86. The second-order valence-electron chi connectivity index (χ2n) is 3.86. The van der Waals surface area contributed by atoms with Gasteiger partial charge in [-0.25, -0.2) is 4.39 Å². The Morgan fingerprint density at radius 2 is 1.94 bits per heavy atom. The molecule has 2 N–H and O–H groups in total. The summed E-state index contributed by atoms with van der Waals surface area (Å²) in [7, 11) is 0. The second kappa shape index (κ2) is 2.95. The van der Waals surface area contributed by atoms with Crippen molar-refractivity contribution in [2.45, 2.75) is 6.92 Å². The summed E-state index contributed by atoms with van der Waals surface area (Å²) in [6.45, 7) is 1.81. The van der Waals surface area contributed by atoms with Crippen molar-refractivity contribution in [2.24, 2.45) is 0 Å². The molecule has 0 aliphatic rings. The van der Waals surface area contributed by atoms with Crippen LogP contribution in [0.1, 0.15) is 5.69 Å². The van der Waals surface area contributed by atoms with Gasteiger partial charge in [-0.15, -0.1) is 0 Å². The first kappa shape index (κ1) is 9.15. The van der Waals surface area contributed by atoms with Crippen LogP contribution >= 0.6 is 0 Å². The highest BCUT2D eigenvalue weighted by molar-refractivity contribution is 6.07. The zero-order valence-corrected chi connectivity index (χ0v) is 8.60. The smallest absolute Gasteiger partial charge is 0.248 e. The lowest BCUT2D eigenvalue weighted by atomic mass is 10.1. The maximum Gasteiger partial charge on any atom is 0.248 e. The van der Waals surface area contributed by atoms with Gasteiger partial charge in [0, 0.05) is 28.0 Å². The van der Waals surface area contributed by atoms with Crippen molar-refractivity contribution in [3.8, 4) is 0 Å². The van der Waals surface area contributed by atoms with Gasteiger partial charge in [0.1, 0.15) is 5.82 Å². The molecule has 80 valence electrons. The quantitative estimate of drug-likeness (QED) is 0.595. The first-order valence-electron chi connectivity index (χ1n) is 4.96. The Bertz CT molecular complexity index is 755. The third-order valence-electron chi connectivity index (χ3n) is 2.76. The van der Waals surface area contributed by atoms with Gasteiger partial charge in [0.05, 0.1) is 5.52 Å². The summed E-state index contributed by atoms with van der Waals surface area (Å²) in [5.41, 5.74) is 2.17. The average molecular weight is 216 g/mol. The molecule has 3 rings (SSSR count). The van der Waals surface area contributed by atoms with E-state index in [0.717, 1.165) is 22.0 Å². The van der Waals surface area contributed by atoms with Gasteiger partial charge in [0.15, 0.2) is 0 Å². The summed E-state index contributed by atoms with van der Waals surface area (Å²) < 4.78 is 13.1. The van der Waals surface area contributed by atoms with Gasteiger partial charge in [-0.2, -0.15) is 0 Å². The lowest BCUT2D eigenvalue weighted by Gasteiger charge is -1.94. The van der Waals surface area contributed by atoms with Crippen molar-refractivity contribution in [1.29, 1.82) is 0 Å². The third-order valence-corrected chi connectivity index (χ3v) is 2.76. The molecular formula is C12H9FN2O. The lowest BCUT2D eigenvalue weighted by molar-refractivity contribution is 0.629. The Balaban J connectivity index is 2.61. The van der Waals surface area contributed by atoms with Crippen LogP contribution in [-0.4, -0.2) is 9.97 Å². The van der Waals surface area contributed by atoms with Crippen LogP contribution in [0.25, 0.3) is 21.8 Å². The van der Waals surface area contributed by atoms with Crippen molar-refractivity contribution >= 4 is 21.8 Å². The van der Waals surface area contributed by atoms with Crippen LogP contribution in [0.5, 0.6) is 0 Å². The summed E-state index contributed by atoms with van der Waals surface area (Å²) in [6.07, 6.45) is 0. The van der Waals surface area contributed by atoms with Gasteiger partial charge in [0.2, 0.25) is 5.56 Å².